The van der Waals surface area contributed by atoms with Gasteiger partial charge in [0.05, 0.1) is 20.3 Å². The molecule has 1 aromatic rings. The monoisotopic (exact) mass is 288 g/mol. The maximum Gasteiger partial charge on any atom is 0.171 e. The van der Waals surface area contributed by atoms with Gasteiger partial charge in [0.1, 0.15) is 5.75 Å². The maximum atomic E-state index is 6.05. The summed E-state index contributed by atoms with van der Waals surface area (Å²) in [5.41, 5.74) is 2.96. The van der Waals surface area contributed by atoms with E-state index < -0.39 is 0 Å². The molecule has 0 aromatic heterocycles. The van der Waals surface area contributed by atoms with Gasteiger partial charge in [-0.1, -0.05) is 6.07 Å². The molecule has 1 spiro atoms. The van der Waals surface area contributed by atoms with E-state index in [4.69, 9.17) is 14.2 Å². The number of fused-ring (bicyclic) bond motifs is 1. The minimum atomic E-state index is -0.241. The Morgan fingerprint density at radius 2 is 2.00 bits per heavy atom. The van der Waals surface area contributed by atoms with Crippen LogP contribution in [0.1, 0.15) is 36.8 Å². The predicted octanol–water partition coefficient (Wildman–Crippen LogP) is 3.34. The topological polar surface area (TPSA) is 27.7 Å². The molecule has 4 rings (SSSR count). The Balaban J connectivity index is 1.55. The van der Waals surface area contributed by atoms with Crippen LogP contribution in [0.2, 0.25) is 0 Å². The molecule has 3 aliphatic rings. The van der Waals surface area contributed by atoms with Gasteiger partial charge in [-0.2, -0.15) is 0 Å². The predicted molar refractivity (Wildman–Crippen MR) is 80.5 cm³/mol. The highest BCUT2D eigenvalue weighted by Gasteiger charge is 2.51. The zero-order chi connectivity index (χ0) is 14.3. The van der Waals surface area contributed by atoms with Crippen molar-refractivity contribution in [3.63, 3.8) is 0 Å². The number of benzene rings is 1. The van der Waals surface area contributed by atoms with E-state index in [0.717, 1.165) is 31.8 Å². The molecule has 1 heterocycles. The van der Waals surface area contributed by atoms with Crippen molar-refractivity contribution in [1.29, 1.82) is 0 Å². The van der Waals surface area contributed by atoms with Crippen LogP contribution < -0.4 is 4.74 Å². The molecular weight excluding hydrogens is 264 g/mol. The standard InChI is InChI=1S/C18H24O3/c1-19-16-7-6-13-11-15(5-4-14(13)12-16)17-3-2-8-18(17)20-9-10-21-18/h6-7,12,15,17H,2-5,8-11H2,1H3/t15-,17+/m0/s1. The van der Waals surface area contributed by atoms with Crippen molar-refractivity contribution in [2.24, 2.45) is 11.8 Å². The van der Waals surface area contributed by atoms with Gasteiger partial charge in [-0.15, -0.1) is 0 Å². The first-order valence-corrected chi connectivity index (χ1v) is 8.24. The molecule has 21 heavy (non-hydrogen) atoms. The highest BCUT2D eigenvalue weighted by atomic mass is 16.7. The largest absolute Gasteiger partial charge is 0.497 e. The van der Waals surface area contributed by atoms with Crippen molar-refractivity contribution >= 4 is 0 Å². The second-order valence-corrected chi connectivity index (χ2v) is 6.64. The molecule has 2 fully saturated rings. The summed E-state index contributed by atoms with van der Waals surface area (Å²) in [6, 6.07) is 6.55. The van der Waals surface area contributed by atoms with Gasteiger partial charge in [-0.3, -0.25) is 0 Å². The normalized spacial score (nSPS) is 30.5. The lowest BCUT2D eigenvalue weighted by molar-refractivity contribution is -0.193. The summed E-state index contributed by atoms with van der Waals surface area (Å²) >= 11 is 0. The quantitative estimate of drug-likeness (QED) is 0.835. The molecule has 1 saturated heterocycles. The molecule has 0 amide bonds. The van der Waals surface area contributed by atoms with Gasteiger partial charge < -0.3 is 14.2 Å². The van der Waals surface area contributed by atoms with Crippen LogP contribution in [-0.4, -0.2) is 26.1 Å². The number of aryl methyl sites for hydroxylation is 1. The van der Waals surface area contributed by atoms with Crippen LogP contribution in [-0.2, 0) is 22.3 Å². The number of hydrogen-bond acceptors (Lipinski definition) is 3. The lowest BCUT2D eigenvalue weighted by Gasteiger charge is -2.37. The molecule has 0 unspecified atom stereocenters. The van der Waals surface area contributed by atoms with E-state index in [1.165, 1.54) is 36.8 Å². The third kappa shape index (κ3) is 2.27. The highest BCUT2D eigenvalue weighted by Crippen LogP contribution is 2.49. The summed E-state index contributed by atoms with van der Waals surface area (Å²) in [7, 11) is 1.74. The molecule has 0 radical (unpaired) electrons. The van der Waals surface area contributed by atoms with Crippen LogP contribution >= 0.6 is 0 Å². The van der Waals surface area contributed by atoms with Gasteiger partial charge in [0, 0.05) is 12.3 Å². The molecule has 0 N–H and O–H groups in total. The van der Waals surface area contributed by atoms with Gasteiger partial charge in [-0.25, -0.2) is 0 Å². The maximum absolute atomic E-state index is 6.05. The van der Waals surface area contributed by atoms with Crippen molar-refractivity contribution in [2.75, 3.05) is 20.3 Å². The van der Waals surface area contributed by atoms with E-state index in [1.807, 2.05) is 0 Å². The van der Waals surface area contributed by atoms with Crippen molar-refractivity contribution in [2.45, 2.75) is 44.3 Å². The molecule has 0 bridgehead atoms. The zero-order valence-electron chi connectivity index (χ0n) is 12.8. The first kappa shape index (κ1) is 13.6. The van der Waals surface area contributed by atoms with Crippen molar-refractivity contribution in [3.8, 4) is 5.75 Å². The average molecular weight is 288 g/mol. The Bertz CT molecular complexity index is 514. The average Bonchev–Trinajstić information content (AvgIpc) is 3.17. The Morgan fingerprint density at radius 3 is 2.81 bits per heavy atom. The van der Waals surface area contributed by atoms with Gasteiger partial charge >= 0.3 is 0 Å². The fourth-order valence-corrected chi connectivity index (χ4v) is 4.63. The number of rotatable bonds is 2. The van der Waals surface area contributed by atoms with E-state index in [0.29, 0.717) is 11.8 Å². The van der Waals surface area contributed by atoms with Crippen molar-refractivity contribution < 1.29 is 14.2 Å². The van der Waals surface area contributed by atoms with Crippen LogP contribution in [0.15, 0.2) is 18.2 Å². The summed E-state index contributed by atoms with van der Waals surface area (Å²) in [5, 5.41) is 0. The van der Waals surface area contributed by atoms with Gasteiger partial charge in [0.25, 0.3) is 0 Å². The van der Waals surface area contributed by atoms with Crippen LogP contribution in [0.3, 0.4) is 0 Å². The lowest BCUT2D eigenvalue weighted by Crippen LogP contribution is -2.40. The molecule has 1 aliphatic heterocycles. The second-order valence-electron chi connectivity index (χ2n) is 6.64. The minimum Gasteiger partial charge on any atom is -0.497 e. The smallest absolute Gasteiger partial charge is 0.171 e. The highest BCUT2D eigenvalue weighted by molar-refractivity contribution is 5.37. The van der Waals surface area contributed by atoms with Crippen LogP contribution in [0, 0.1) is 11.8 Å². The summed E-state index contributed by atoms with van der Waals surface area (Å²) < 4.78 is 17.4. The van der Waals surface area contributed by atoms with E-state index >= 15 is 0 Å². The molecule has 1 aromatic carbocycles. The number of hydrogen-bond donors (Lipinski definition) is 0. The summed E-state index contributed by atoms with van der Waals surface area (Å²) in [6.45, 7) is 1.55. The molecular formula is C18H24O3. The Morgan fingerprint density at radius 1 is 1.14 bits per heavy atom. The van der Waals surface area contributed by atoms with Gasteiger partial charge in [-0.05, 0) is 61.3 Å². The third-order valence-corrected chi connectivity index (χ3v) is 5.63. The Hall–Kier alpha value is -1.06. The second kappa shape index (κ2) is 5.29. The van der Waals surface area contributed by atoms with Crippen molar-refractivity contribution in [1.82, 2.24) is 0 Å². The number of ether oxygens (including phenoxy) is 3. The first-order valence-electron chi connectivity index (χ1n) is 8.24. The number of methoxy groups -OCH3 is 1. The van der Waals surface area contributed by atoms with E-state index in [2.05, 4.69) is 18.2 Å². The third-order valence-electron chi connectivity index (χ3n) is 5.63. The molecule has 1 saturated carbocycles. The van der Waals surface area contributed by atoms with Gasteiger partial charge in [0.2, 0.25) is 0 Å². The van der Waals surface area contributed by atoms with Crippen molar-refractivity contribution in [3.05, 3.63) is 29.3 Å². The molecule has 2 aliphatic carbocycles. The van der Waals surface area contributed by atoms with Gasteiger partial charge in [0.15, 0.2) is 5.79 Å². The first-order chi connectivity index (χ1) is 10.3. The Labute approximate surface area is 126 Å². The molecule has 2 atom stereocenters. The van der Waals surface area contributed by atoms with Crippen LogP contribution in [0.5, 0.6) is 5.75 Å². The van der Waals surface area contributed by atoms with E-state index in [1.54, 1.807) is 7.11 Å². The van der Waals surface area contributed by atoms with Crippen LogP contribution in [0.25, 0.3) is 0 Å². The fraction of sp³-hybridized carbons (Fsp3) is 0.667. The summed E-state index contributed by atoms with van der Waals surface area (Å²) in [6.07, 6.45) is 7.16. The van der Waals surface area contributed by atoms with E-state index in [-0.39, 0.29) is 5.79 Å². The molecule has 3 nitrogen and oxygen atoms in total. The minimum absolute atomic E-state index is 0.241. The fourth-order valence-electron chi connectivity index (χ4n) is 4.63. The molecule has 3 heteroatoms. The Kier molecular flexibility index (Phi) is 3.43. The zero-order valence-corrected chi connectivity index (χ0v) is 12.8. The van der Waals surface area contributed by atoms with E-state index in [9.17, 15) is 0 Å². The SMILES string of the molecule is COc1ccc2c(c1)CC[C@H]([C@H]1CCCC13OCCO3)C2. The molecule has 114 valence electrons. The summed E-state index contributed by atoms with van der Waals surface area (Å²) in [5.74, 6) is 2.02. The van der Waals surface area contributed by atoms with Crippen LogP contribution in [0.4, 0.5) is 0 Å². The summed E-state index contributed by atoms with van der Waals surface area (Å²) in [4.78, 5) is 0. The lowest BCUT2D eigenvalue weighted by atomic mass is 9.74.